The number of nitrogens with two attached hydrogens (primary N) is 1. The van der Waals surface area contributed by atoms with Crippen LogP contribution < -0.4 is 20.8 Å². The Morgan fingerprint density at radius 2 is 1.92 bits per heavy atom. The number of anilines is 1. The van der Waals surface area contributed by atoms with Gasteiger partial charge in [-0.2, -0.15) is 0 Å². The topological polar surface area (TPSA) is 96.4 Å². The van der Waals surface area contributed by atoms with E-state index in [4.69, 9.17) is 26.8 Å². The molecular weight excluding hydrogens is 492 g/mol. The number of hydrogen-bond acceptors (Lipinski definition) is 6. The van der Waals surface area contributed by atoms with Crippen LogP contribution in [-0.2, 0) is 12.8 Å². The molecule has 2 N–H and O–H groups in total. The smallest absolute Gasteiger partial charge is 0.269 e. The first-order valence-corrected chi connectivity index (χ1v) is 11.3. The van der Waals surface area contributed by atoms with Crippen LogP contribution in [0.1, 0.15) is 21.5 Å². The molecule has 0 unspecified atom stereocenters. The van der Waals surface area contributed by atoms with Gasteiger partial charge in [0.25, 0.3) is 5.56 Å². The molecule has 7 nitrogen and oxygen atoms in total. The van der Waals surface area contributed by atoms with Crippen molar-refractivity contribution in [1.29, 1.82) is 0 Å². The molecule has 1 aliphatic rings. The van der Waals surface area contributed by atoms with Crippen molar-refractivity contribution < 1.29 is 23.0 Å². The summed E-state index contributed by atoms with van der Waals surface area (Å²) < 4.78 is 40.6. The zero-order chi connectivity index (χ0) is 25.4. The van der Waals surface area contributed by atoms with Crippen LogP contribution in [0.4, 0.5) is 14.6 Å². The Labute approximate surface area is 208 Å². The number of ketones is 1. The predicted octanol–water partition coefficient (Wildman–Crippen LogP) is 4.90. The minimum Gasteiger partial charge on any atom is -0.492 e. The Morgan fingerprint density at radius 1 is 1.14 bits per heavy atom. The Balaban J connectivity index is 1.44. The van der Waals surface area contributed by atoms with Gasteiger partial charge in [0, 0.05) is 42.6 Å². The van der Waals surface area contributed by atoms with Gasteiger partial charge in [-0.3, -0.25) is 14.2 Å². The maximum atomic E-state index is 14.8. The van der Waals surface area contributed by atoms with E-state index in [0.29, 0.717) is 29.8 Å². The third-order valence-electron chi connectivity index (χ3n) is 5.70. The van der Waals surface area contributed by atoms with E-state index < -0.39 is 23.0 Å². The van der Waals surface area contributed by atoms with Gasteiger partial charge in [0.1, 0.15) is 28.0 Å². The van der Waals surface area contributed by atoms with Crippen LogP contribution in [0.2, 0.25) is 5.02 Å². The molecule has 0 bridgehead atoms. The molecule has 0 spiro atoms. The highest BCUT2D eigenvalue weighted by Gasteiger charge is 2.27. The lowest BCUT2D eigenvalue weighted by Crippen LogP contribution is -2.27. The van der Waals surface area contributed by atoms with Crippen molar-refractivity contribution in [3.05, 3.63) is 105 Å². The minimum atomic E-state index is -0.731. The quantitative estimate of drug-likeness (QED) is 0.371. The number of pyridine rings is 2. The highest BCUT2D eigenvalue weighted by molar-refractivity contribution is 6.34. The minimum absolute atomic E-state index is 0.0423. The van der Waals surface area contributed by atoms with Crippen LogP contribution in [0.5, 0.6) is 17.2 Å². The van der Waals surface area contributed by atoms with Gasteiger partial charge in [-0.15, -0.1) is 0 Å². The number of rotatable bonds is 6. The molecule has 0 radical (unpaired) electrons. The molecule has 2 aromatic carbocycles. The lowest BCUT2D eigenvalue weighted by atomic mass is 10.0. The molecule has 0 atom stereocenters. The van der Waals surface area contributed by atoms with Gasteiger partial charge in [0.05, 0.1) is 6.61 Å². The zero-order valence-electron chi connectivity index (χ0n) is 18.6. The van der Waals surface area contributed by atoms with E-state index in [1.807, 2.05) is 0 Å². The first-order valence-electron chi connectivity index (χ1n) is 10.9. The van der Waals surface area contributed by atoms with E-state index in [-0.39, 0.29) is 40.1 Å². The Bertz CT molecular complexity index is 1550. The number of nitrogen functional groups attached to an aromatic ring is 1. The third kappa shape index (κ3) is 4.40. The molecule has 36 heavy (non-hydrogen) atoms. The molecule has 10 heteroatoms. The fraction of sp³-hybridized carbons (Fsp3) is 0.115. The SMILES string of the molecule is Nc1nccc(Oc2ccc(CC(=O)c3c4c(cn(-c5ccc(F)cc5)c3=O)CCO4)cc2F)c1Cl. The van der Waals surface area contributed by atoms with E-state index in [1.54, 1.807) is 6.20 Å². The number of carbonyl (C=O) groups excluding carboxylic acids is 1. The number of benzene rings is 2. The van der Waals surface area contributed by atoms with Crippen LogP contribution in [0.3, 0.4) is 0 Å². The standard InChI is InChI=1S/C26H18ClF2N3O4/c27-23-21(7-9-31-25(23)30)36-20-6-1-14(11-18(20)29)12-19(33)22-24-15(8-10-35-24)13-32(26(22)34)17-4-2-16(28)3-5-17/h1-7,9,11,13H,8,10,12H2,(H2,30,31). The number of halogens is 3. The number of hydrogen-bond donors (Lipinski definition) is 1. The second-order valence-electron chi connectivity index (χ2n) is 8.08. The Hall–Kier alpha value is -4.24. The number of nitrogens with zero attached hydrogens (tertiary/aromatic N) is 2. The summed E-state index contributed by atoms with van der Waals surface area (Å²) in [7, 11) is 0. The first kappa shape index (κ1) is 23.5. The second kappa shape index (κ2) is 9.43. The number of aromatic nitrogens is 2. The molecule has 0 fully saturated rings. The van der Waals surface area contributed by atoms with Gasteiger partial charge >= 0.3 is 0 Å². The summed E-state index contributed by atoms with van der Waals surface area (Å²) in [5, 5.41) is 0.0477. The average molecular weight is 510 g/mol. The van der Waals surface area contributed by atoms with E-state index in [2.05, 4.69) is 4.98 Å². The van der Waals surface area contributed by atoms with Crippen LogP contribution in [0.15, 0.2) is 65.7 Å². The summed E-state index contributed by atoms with van der Waals surface area (Å²) in [6.07, 6.45) is 3.23. The molecule has 0 aliphatic carbocycles. The fourth-order valence-electron chi connectivity index (χ4n) is 3.95. The molecule has 4 aromatic rings. The van der Waals surface area contributed by atoms with Gasteiger partial charge in [-0.1, -0.05) is 17.7 Å². The number of ether oxygens (including phenoxy) is 2. The van der Waals surface area contributed by atoms with Gasteiger partial charge in [0.2, 0.25) is 0 Å². The van der Waals surface area contributed by atoms with Gasteiger partial charge in [0.15, 0.2) is 23.1 Å². The zero-order valence-corrected chi connectivity index (χ0v) is 19.4. The van der Waals surface area contributed by atoms with E-state index in [0.717, 1.165) is 6.07 Å². The highest BCUT2D eigenvalue weighted by Crippen LogP contribution is 2.34. The second-order valence-corrected chi connectivity index (χ2v) is 8.46. The average Bonchev–Trinajstić information content (AvgIpc) is 3.31. The van der Waals surface area contributed by atoms with Crippen LogP contribution in [-0.4, -0.2) is 21.9 Å². The summed E-state index contributed by atoms with van der Waals surface area (Å²) in [5.74, 6) is -1.43. The lowest BCUT2D eigenvalue weighted by Gasteiger charge is -2.13. The fourth-order valence-corrected chi connectivity index (χ4v) is 4.10. The first-order chi connectivity index (χ1) is 17.3. The normalized spacial score (nSPS) is 12.2. The molecule has 0 saturated carbocycles. The Kier molecular flexibility index (Phi) is 6.15. The number of Topliss-reactive ketones (excluding diaryl/α,β-unsaturated/α-hetero) is 1. The molecule has 182 valence electrons. The largest absolute Gasteiger partial charge is 0.492 e. The van der Waals surface area contributed by atoms with Gasteiger partial charge in [-0.25, -0.2) is 13.8 Å². The summed E-state index contributed by atoms with van der Waals surface area (Å²) in [6, 6.07) is 10.8. The van der Waals surface area contributed by atoms with Crippen LogP contribution in [0.25, 0.3) is 5.69 Å². The summed E-state index contributed by atoms with van der Waals surface area (Å²) in [6.45, 7) is 0.325. The lowest BCUT2D eigenvalue weighted by molar-refractivity contribution is 0.0988. The van der Waals surface area contributed by atoms with Crippen LogP contribution in [0, 0.1) is 11.6 Å². The monoisotopic (exact) mass is 509 g/mol. The molecule has 0 amide bonds. The molecule has 0 saturated heterocycles. The third-order valence-corrected chi connectivity index (χ3v) is 6.08. The van der Waals surface area contributed by atoms with Crippen molar-refractivity contribution in [1.82, 2.24) is 9.55 Å². The highest BCUT2D eigenvalue weighted by atomic mass is 35.5. The van der Waals surface area contributed by atoms with E-state index >= 15 is 0 Å². The van der Waals surface area contributed by atoms with Crippen molar-refractivity contribution >= 4 is 23.2 Å². The van der Waals surface area contributed by atoms with E-state index in [1.165, 1.54) is 53.2 Å². The van der Waals surface area contributed by atoms with Crippen molar-refractivity contribution in [2.45, 2.75) is 12.8 Å². The Morgan fingerprint density at radius 3 is 2.67 bits per heavy atom. The predicted molar refractivity (Wildman–Crippen MR) is 129 cm³/mol. The molecule has 5 rings (SSSR count). The van der Waals surface area contributed by atoms with Gasteiger partial charge < -0.3 is 15.2 Å². The molecular formula is C26H18ClF2N3O4. The maximum absolute atomic E-state index is 14.8. The van der Waals surface area contributed by atoms with Crippen molar-refractivity contribution in [3.63, 3.8) is 0 Å². The van der Waals surface area contributed by atoms with Crippen molar-refractivity contribution in [2.24, 2.45) is 0 Å². The molecule has 1 aliphatic heterocycles. The number of fused-ring (bicyclic) bond motifs is 1. The molecule has 3 heterocycles. The number of carbonyl (C=O) groups is 1. The summed E-state index contributed by atoms with van der Waals surface area (Å²) in [5.41, 5.74) is 6.34. The van der Waals surface area contributed by atoms with Crippen molar-refractivity contribution in [3.8, 4) is 22.9 Å². The van der Waals surface area contributed by atoms with E-state index in [9.17, 15) is 18.4 Å². The summed E-state index contributed by atoms with van der Waals surface area (Å²) in [4.78, 5) is 30.4. The van der Waals surface area contributed by atoms with Crippen molar-refractivity contribution in [2.75, 3.05) is 12.3 Å². The van der Waals surface area contributed by atoms with Crippen LogP contribution >= 0.6 is 11.6 Å². The maximum Gasteiger partial charge on any atom is 0.269 e. The molecule has 2 aromatic heterocycles. The summed E-state index contributed by atoms with van der Waals surface area (Å²) >= 11 is 6.05. The van der Waals surface area contributed by atoms with Gasteiger partial charge in [-0.05, 0) is 42.0 Å².